The van der Waals surface area contributed by atoms with Gasteiger partial charge in [0.15, 0.2) is 0 Å². The van der Waals surface area contributed by atoms with Crippen molar-refractivity contribution in [2.24, 2.45) is 4.99 Å². The molecule has 10 nitrogen and oxygen atoms in total. The number of aromatic amines is 1. The standard InChI is InChI=1S/C34H36N4O6/c1-6-22-25-9-7-8-24-19(3)26(37-33(24)41)15-21-14-20(10-12-31(39)43-4)28(35-21)17-30-23(11-13-32(40)44-5)18(2)27(36-30)16-29(22)38-34(25)42/h6,14-17,36H,1,7-13H2,2-5H3,(H,37,41)(H,38,42)/b26-15-,28-17-,29-16-. The number of hydrogen-bond acceptors (Lipinski definition) is 7. The minimum atomic E-state index is -0.332. The van der Waals surface area contributed by atoms with Crippen molar-refractivity contribution < 1.29 is 28.7 Å². The topological polar surface area (TPSA) is 139 Å². The Labute approximate surface area is 256 Å². The lowest BCUT2D eigenvalue weighted by atomic mass is 9.98. The van der Waals surface area contributed by atoms with Crippen LogP contribution >= 0.6 is 0 Å². The molecule has 1 aromatic heterocycles. The number of amides is 2. The lowest BCUT2D eigenvalue weighted by Gasteiger charge is -2.05. The molecule has 0 saturated carbocycles. The molecule has 0 aromatic carbocycles. The molecule has 44 heavy (non-hydrogen) atoms. The molecule has 2 amide bonds. The third-order valence-corrected chi connectivity index (χ3v) is 8.42. The van der Waals surface area contributed by atoms with Crippen LogP contribution in [0, 0.1) is 6.92 Å². The molecule has 3 N–H and O–H groups in total. The summed E-state index contributed by atoms with van der Waals surface area (Å²) in [7, 11) is 2.72. The molecule has 0 spiro atoms. The highest BCUT2D eigenvalue weighted by atomic mass is 16.5. The Kier molecular flexibility index (Phi) is 8.80. The average molecular weight is 597 g/mol. The summed E-state index contributed by atoms with van der Waals surface area (Å²) >= 11 is 0. The number of esters is 2. The van der Waals surface area contributed by atoms with Crippen LogP contribution in [0.2, 0.25) is 0 Å². The molecule has 4 aliphatic heterocycles. The fourth-order valence-electron chi connectivity index (χ4n) is 5.92. The van der Waals surface area contributed by atoms with Gasteiger partial charge in [-0.25, -0.2) is 4.99 Å². The van der Waals surface area contributed by atoms with Gasteiger partial charge in [0.2, 0.25) is 0 Å². The summed E-state index contributed by atoms with van der Waals surface area (Å²) in [5, 5.41) is 5.95. The summed E-state index contributed by atoms with van der Waals surface area (Å²) in [5.74, 6) is -1.00. The number of rotatable bonds is 7. The van der Waals surface area contributed by atoms with Crippen LogP contribution < -0.4 is 10.6 Å². The van der Waals surface area contributed by atoms with E-state index in [1.807, 2.05) is 38.2 Å². The van der Waals surface area contributed by atoms with E-state index in [0.717, 1.165) is 39.2 Å². The van der Waals surface area contributed by atoms with E-state index in [-0.39, 0.29) is 36.6 Å². The zero-order valence-corrected chi connectivity index (χ0v) is 25.4. The van der Waals surface area contributed by atoms with E-state index < -0.39 is 0 Å². The summed E-state index contributed by atoms with van der Waals surface area (Å²) < 4.78 is 9.77. The molecule has 1 aromatic rings. The third kappa shape index (κ3) is 6.06. The fraction of sp³-hybridized carbons (Fsp3) is 0.324. The van der Waals surface area contributed by atoms with Gasteiger partial charge in [0.05, 0.1) is 31.3 Å². The van der Waals surface area contributed by atoms with Crippen molar-refractivity contribution in [3.05, 3.63) is 92.3 Å². The van der Waals surface area contributed by atoms with Crippen molar-refractivity contribution >= 4 is 41.6 Å². The Morgan fingerprint density at radius 1 is 0.886 bits per heavy atom. The molecule has 10 heteroatoms. The zero-order chi connectivity index (χ0) is 31.5. The first-order valence-electron chi connectivity index (χ1n) is 14.6. The second-order valence-electron chi connectivity index (χ2n) is 11.0. The Morgan fingerprint density at radius 2 is 1.55 bits per heavy atom. The van der Waals surface area contributed by atoms with Gasteiger partial charge in [-0.2, -0.15) is 0 Å². The molecule has 0 unspecified atom stereocenters. The fourth-order valence-corrected chi connectivity index (χ4v) is 5.92. The van der Waals surface area contributed by atoms with E-state index in [1.165, 1.54) is 14.2 Å². The maximum atomic E-state index is 13.0. The number of carbonyl (C=O) groups excluding carboxylic acids is 4. The number of carbonyl (C=O) groups is 4. The van der Waals surface area contributed by atoms with E-state index >= 15 is 0 Å². The molecule has 5 rings (SSSR count). The predicted molar refractivity (Wildman–Crippen MR) is 167 cm³/mol. The summed E-state index contributed by atoms with van der Waals surface area (Å²) in [6, 6.07) is 0. The number of allylic oxidation sites excluding steroid dienone is 5. The van der Waals surface area contributed by atoms with Gasteiger partial charge in [-0.05, 0) is 92.5 Å². The normalized spacial score (nSPS) is 21.5. The zero-order valence-electron chi connectivity index (χ0n) is 25.4. The van der Waals surface area contributed by atoms with Crippen LogP contribution in [0.1, 0.15) is 68.0 Å². The highest BCUT2D eigenvalue weighted by molar-refractivity contribution is 6.11. The van der Waals surface area contributed by atoms with Gasteiger partial charge in [-0.1, -0.05) is 12.7 Å². The molecule has 0 saturated heterocycles. The molecule has 228 valence electrons. The molecule has 0 aliphatic carbocycles. The number of nitrogens with zero attached hydrogens (tertiary/aromatic N) is 1. The minimum Gasteiger partial charge on any atom is -0.469 e. The Hall–Kier alpha value is -4.99. The molecule has 0 fully saturated rings. The lowest BCUT2D eigenvalue weighted by molar-refractivity contribution is -0.141. The van der Waals surface area contributed by atoms with Crippen LogP contribution in [-0.2, 0) is 35.1 Å². The first kappa shape index (κ1) is 30.5. The summed E-state index contributed by atoms with van der Waals surface area (Å²) in [6.45, 7) is 7.83. The Morgan fingerprint density at radius 3 is 2.25 bits per heavy atom. The van der Waals surface area contributed by atoms with Gasteiger partial charge in [0.1, 0.15) is 0 Å². The number of aliphatic imine (C=N–C) groups is 1. The van der Waals surface area contributed by atoms with Crippen LogP contribution in [0.3, 0.4) is 0 Å². The lowest BCUT2D eigenvalue weighted by Crippen LogP contribution is -2.17. The number of nitrogens with one attached hydrogen (secondary N) is 3. The van der Waals surface area contributed by atoms with Gasteiger partial charge in [0, 0.05) is 46.6 Å². The maximum absolute atomic E-state index is 13.0. The van der Waals surface area contributed by atoms with Crippen LogP contribution in [0.5, 0.6) is 0 Å². The van der Waals surface area contributed by atoms with Crippen molar-refractivity contribution in [3.63, 3.8) is 0 Å². The Balaban J connectivity index is 1.68. The van der Waals surface area contributed by atoms with Gasteiger partial charge >= 0.3 is 11.9 Å². The highest BCUT2D eigenvalue weighted by Gasteiger charge is 2.29. The van der Waals surface area contributed by atoms with Crippen LogP contribution in [0.4, 0.5) is 0 Å². The summed E-state index contributed by atoms with van der Waals surface area (Å²) in [4.78, 5) is 58.4. The number of H-pyrrole nitrogens is 1. The van der Waals surface area contributed by atoms with E-state index in [4.69, 9.17) is 14.5 Å². The highest BCUT2D eigenvalue weighted by Crippen LogP contribution is 2.34. The van der Waals surface area contributed by atoms with Gasteiger partial charge in [-0.3, -0.25) is 19.2 Å². The van der Waals surface area contributed by atoms with E-state index in [2.05, 4.69) is 22.2 Å². The van der Waals surface area contributed by atoms with Crippen molar-refractivity contribution in [1.29, 1.82) is 0 Å². The van der Waals surface area contributed by atoms with E-state index in [1.54, 1.807) is 6.08 Å². The molecule has 5 heterocycles. The minimum absolute atomic E-state index is 0.158. The number of ether oxygens (including phenoxy) is 2. The van der Waals surface area contributed by atoms with Crippen LogP contribution in [0.25, 0.3) is 12.2 Å². The number of hydrogen-bond donors (Lipinski definition) is 3. The predicted octanol–water partition coefficient (Wildman–Crippen LogP) is 4.57. The smallest absolute Gasteiger partial charge is 0.305 e. The van der Waals surface area contributed by atoms with Crippen LogP contribution in [0.15, 0.2) is 74.8 Å². The second-order valence-corrected chi connectivity index (χ2v) is 11.0. The summed E-state index contributed by atoms with van der Waals surface area (Å²) in [6.07, 6.45) is 12.0. The SMILES string of the molecule is C=CC1=C2CCCC3=C(C)/C(=C/C4=NC(=C\c5[nH]c(c(C)c5CCC(=O)OC)/C=C/1NC2=O)/C(CCC(=O)OC)=C4)NC3=O. The van der Waals surface area contributed by atoms with E-state index in [0.29, 0.717) is 66.1 Å². The number of aromatic nitrogens is 1. The maximum Gasteiger partial charge on any atom is 0.305 e. The second kappa shape index (κ2) is 12.7. The number of fused-ring (bicyclic) bond motifs is 5. The van der Waals surface area contributed by atoms with Gasteiger partial charge in [0.25, 0.3) is 11.8 Å². The summed E-state index contributed by atoms with van der Waals surface area (Å²) in [5.41, 5.74) is 9.63. The Bertz CT molecular complexity index is 1710. The molecule has 4 aliphatic rings. The monoisotopic (exact) mass is 596 g/mol. The van der Waals surface area contributed by atoms with Crippen molar-refractivity contribution in [2.75, 3.05) is 14.2 Å². The largest absolute Gasteiger partial charge is 0.469 e. The molecular formula is C34H36N4O6. The van der Waals surface area contributed by atoms with Gasteiger partial charge < -0.3 is 25.1 Å². The van der Waals surface area contributed by atoms with Crippen molar-refractivity contribution in [2.45, 2.75) is 58.8 Å². The van der Waals surface area contributed by atoms with Gasteiger partial charge in [-0.15, -0.1) is 0 Å². The first-order chi connectivity index (χ1) is 21.1. The van der Waals surface area contributed by atoms with Crippen LogP contribution in [-0.4, -0.2) is 48.7 Å². The first-order valence-corrected chi connectivity index (χ1v) is 14.6. The van der Waals surface area contributed by atoms with Crippen molar-refractivity contribution in [3.8, 4) is 0 Å². The van der Waals surface area contributed by atoms with E-state index in [9.17, 15) is 19.2 Å². The average Bonchev–Trinajstić information content (AvgIpc) is 3.69. The quantitative estimate of drug-likeness (QED) is 0.394. The van der Waals surface area contributed by atoms with Crippen molar-refractivity contribution in [1.82, 2.24) is 15.6 Å². The molecule has 0 radical (unpaired) electrons. The molecular weight excluding hydrogens is 560 g/mol. The molecule has 8 bridgehead atoms. The number of methoxy groups -OCH3 is 2. The third-order valence-electron chi connectivity index (χ3n) is 8.42. The molecule has 0 atom stereocenters.